The van der Waals surface area contributed by atoms with Crippen LogP contribution < -0.4 is 5.73 Å². The number of aryl methyl sites for hydroxylation is 1. The Morgan fingerprint density at radius 3 is 2.89 bits per heavy atom. The third-order valence-corrected chi connectivity index (χ3v) is 5.32. The van der Waals surface area contributed by atoms with E-state index in [1.54, 1.807) is 6.92 Å². The highest BCUT2D eigenvalue weighted by atomic mass is 32.2. The first-order valence-corrected chi connectivity index (χ1v) is 7.62. The second kappa shape index (κ2) is 4.99. The summed E-state index contributed by atoms with van der Waals surface area (Å²) in [7, 11) is -3.49. The van der Waals surface area contributed by atoms with E-state index in [2.05, 4.69) is 16.9 Å². The summed E-state index contributed by atoms with van der Waals surface area (Å²) >= 11 is 0. The van der Waals surface area contributed by atoms with Gasteiger partial charge in [0.05, 0.1) is 6.20 Å². The molecule has 2 rings (SSSR count). The van der Waals surface area contributed by atoms with Crippen molar-refractivity contribution in [1.82, 2.24) is 14.3 Å². The maximum absolute atomic E-state index is 12.5. The van der Waals surface area contributed by atoms with Crippen molar-refractivity contribution in [1.29, 1.82) is 0 Å². The van der Waals surface area contributed by atoms with Crippen molar-refractivity contribution in [3.63, 3.8) is 0 Å². The quantitative estimate of drug-likeness (QED) is 0.836. The summed E-state index contributed by atoms with van der Waals surface area (Å²) in [5.41, 5.74) is 5.70. The van der Waals surface area contributed by atoms with E-state index in [9.17, 15) is 8.42 Å². The number of hydrogen-bond acceptors (Lipinski definition) is 4. The molecule has 0 aromatic carbocycles. The minimum absolute atomic E-state index is 0.109. The minimum atomic E-state index is -3.49. The predicted octanol–water partition coefficient (Wildman–Crippen LogP) is 0.466. The summed E-state index contributed by atoms with van der Waals surface area (Å²) in [5, 5.41) is 0.160. The second-order valence-corrected chi connectivity index (χ2v) is 6.83. The summed E-state index contributed by atoms with van der Waals surface area (Å²) < 4.78 is 26.5. The van der Waals surface area contributed by atoms with Gasteiger partial charge in [-0.3, -0.25) is 0 Å². The van der Waals surface area contributed by atoms with Gasteiger partial charge in [0.1, 0.15) is 5.82 Å². The Hall–Kier alpha value is -0.920. The standard InChI is InChI=1S/C11H20N4O2S/c1-8-3-4-15(10(5-8)6-12)18(16,17)11-7-13-9(2)14-11/h7-8,10H,3-6,12H2,1-2H3,(H,13,14). The first kappa shape index (κ1) is 13.5. The molecule has 3 N–H and O–H groups in total. The van der Waals surface area contributed by atoms with E-state index in [0.717, 1.165) is 12.8 Å². The number of imidazole rings is 1. The largest absolute Gasteiger partial charge is 0.332 e. The number of rotatable bonds is 3. The van der Waals surface area contributed by atoms with Crippen LogP contribution in [0, 0.1) is 12.8 Å². The SMILES string of the molecule is Cc1ncc(S(=O)(=O)N2CCC(C)CC2CN)[nH]1. The first-order chi connectivity index (χ1) is 8.45. The van der Waals surface area contributed by atoms with Crippen LogP contribution in [0.4, 0.5) is 0 Å². The van der Waals surface area contributed by atoms with Gasteiger partial charge in [0, 0.05) is 19.1 Å². The average Bonchev–Trinajstić information content (AvgIpc) is 2.76. The Balaban J connectivity index is 2.29. The van der Waals surface area contributed by atoms with E-state index in [4.69, 9.17) is 5.73 Å². The molecule has 1 aromatic heterocycles. The van der Waals surface area contributed by atoms with E-state index in [1.165, 1.54) is 10.5 Å². The molecule has 1 fully saturated rings. The Morgan fingerprint density at radius 1 is 1.61 bits per heavy atom. The molecule has 0 aliphatic carbocycles. The number of nitrogens with zero attached hydrogens (tertiary/aromatic N) is 2. The molecule has 2 unspecified atom stereocenters. The van der Waals surface area contributed by atoms with Gasteiger partial charge in [-0.2, -0.15) is 4.31 Å². The van der Waals surface area contributed by atoms with Crippen LogP contribution in [0.5, 0.6) is 0 Å². The van der Waals surface area contributed by atoms with Gasteiger partial charge in [0.2, 0.25) is 0 Å². The van der Waals surface area contributed by atoms with Crippen molar-refractivity contribution in [3.05, 3.63) is 12.0 Å². The zero-order valence-electron chi connectivity index (χ0n) is 10.8. The fourth-order valence-electron chi connectivity index (χ4n) is 2.42. The molecule has 0 spiro atoms. The molecular formula is C11H20N4O2S. The van der Waals surface area contributed by atoms with Crippen LogP contribution in [-0.4, -0.2) is 41.8 Å². The molecular weight excluding hydrogens is 252 g/mol. The lowest BCUT2D eigenvalue weighted by molar-refractivity contribution is 0.210. The van der Waals surface area contributed by atoms with Gasteiger partial charge in [0.15, 0.2) is 5.03 Å². The lowest BCUT2D eigenvalue weighted by Gasteiger charge is -2.36. The van der Waals surface area contributed by atoms with Crippen LogP contribution in [0.3, 0.4) is 0 Å². The summed E-state index contributed by atoms with van der Waals surface area (Å²) in [4.78, 5) is 6.74. The van der Waals surface area contributed by atoms with Gasteiger partial charge in [0.25, 0.3) is 10.0 Å². The molecule has 0 bridgehead atoms. The normalized spacial score (nSPS) is 26.4. The number of sulfonamides is 1. The maximum atomic E-state index is 12.5. The highest BCUT2D eigenvalue weighted by molar-refractivity contribution is 7.89. The molecule has 0 radical (unpaired) electrons. The molecule has 102 valence electrons. The molecule has 2 heterocycles. The van der Waals surface area contributed by atoms with Crippen molar-refractivity contribution in [2.45, 2.75) is 37.8 Å². The topological polar surface area (TPSA) is 92.1 Å². The van der Waals surface area contributed by atoms with Crippen molar-refractivity contribution < 1.29 is 8.42 Å². The number of nitrogens with two attached hydrogens (primary N) is 1. The Morgan fingerprint density at radius 2 is 2.33 bits per heavy atom. The van der Waals surface area contributed by atoms with Crippen molar-refractivity contribution in [2.24, 2.45) is 11.7 Å². The van der Waals surface area contributed by atoms with Crippen molar-refractivity contribution in [3.8, 4) is 0 Å². The third kappa shape index (κ3) is 2.43. The molecule has 0 amide bonds. The molecule has 1 saturated heterocycles. The Labute approximate surface area is 108 Å². The molecule has 1 aliphatic heterocycles. The van der Waals surface area contributed by atoms with Crippen LogP contribution in [0.15, 0.2) is 11.2 Å². The summed E-state index contributed by atoms with van der Waals surface area (Å²) in [6.45, 7) is 4.75. The van der Waals surface area contributed by atoms with Gasteiger partial charge >= 0.3 is 0 Å². The highest BCUT2D eigenvalue weighted by Gasteiger charge is 2.35. The summed E-state index contributed by atoms with van der Waals surface area (Å²) in [6, 6.07) is -0.109. The molecule has 18 heavy (non-hydrogen) atoms. The predicted molar refractivity (Wildman–Crippen MR) is 68.5 cm³/mol. The fourth-order valence-corrected chi connectivity index (χ4v) is 4.04. The second-order valence-electron chi connectivity index (χ2n) is 4.97. The summed E-state index contributed by atoms with van der Waals surface area (Å²) in [5.74, 6) is 1.12. The van der Waals surface area contributed by atoms with Gasteiger partial charge in [-0.25, -0.2) is 13.4 Å². The van der Waals surface area contributed by atoms with E-state index in [1.807, 2.05) is 0 Å². The molecule has 0 saturated carbocycles. The Kier molecular flexibility index (Phi) is 3.74. The number of nitrogens with one attached hydrogen (secondary N) is 1. The molecule has 1 aliphatic rings. The maximum Gasteiger partial charge on any atom is 0.260 e. The highest BCUT2D eigenvalue weighted by Crippen LogP contribution is 2.27. The summed E-state index contributed by atoms with van der Waals surface area (Å²) in [6.07, 6.45) is 3.07. The van der Waals surface area contributed by atoms with Gasteiger partial charge in [-0.05, 0) is 25.7 Å². The molecule has 6 nitrogen and oxygen atoms in total. The lowest BCUT2D eigenvalue weighted by Crippen LogP contribution is -2.49. The van der Waals surface area contributed by atoms with E-state index in [-0.39, 0.29) is 11.1 Å². The van der Waals surface area contributed by atoms with Crippen LogP contribution >= 0.6 is 0 Å². The lowest BCUT2D eigenvalue weighted by atomic mass is 9.94. The van der Waals surface area contributed by atoms with Crippen LogP contribution in [0.25, 0.3) is 0 Å². The van der Waals surface area contributed by atoms with E-state index >= 15 is 0 Å². The zero-order valence-corrected chi connectivity index (χ0v) is 11.6. The van der Waals surface area contributed by atoms with E-state index < -0.39 is 10.0 Å². The van der Waals surface area contributed by atoms with Crippen LogP contribution in [0.1, 0.15) is 25.6 Å². The number of hydrogen-bond donors (Lipinski definition) is 2. The van der Waals surface area contributed by atoms with Gasteiger partial charge in [-0.15, -0.1) is 0 Å². The molecule has 1 aromatic rings. The van der Waals surface area contributed by atoms with Gasteiger partial charge in [-0.1, -0.05) is 6.92 Å². The minimum Gasteiger partial charge on any atom is -0.332 e. The van der Waals surface area contributed by atoms with Crippen molar-refractivity contribution in [2.75, 3.05) is 13.1 Å². The third-order valence-electron chi connectivity index (χ3n) is 3.46. The fraction of sp³-hybridized carbons (Fsp3) is 0.727. The molecule has 2 atom stereocenters. The number of aromatic amines is 1. The van der Waals surface area contributed by atoms with Crippen LogP contribution in [0.2, 0.25) is 0 Å². The van der Waals surface area contributed by atoms with Crippen molar-refractivity contribution >= 4 is 10.0 Å². The molecule has 7 heteroatoms. The number of aromatic nitrogens is 2. The number of H-pyrrole nitrogens is 1. The van der Waals surface area contributed by atoms with Crippen LogP contribution in [-0.2, 0) is 10.0 Å². The van der Waals surface area contributed by atoms with E-state index in [0.29, 0.717) is 24.8 Å². The average molecular weight is 272 g/mol. The first-order valence-electron chi connectivity index (χ1n) is 6.18. The zero-order chi connectivity index (χ0) is 13.3. The number of piperidine rings is 1. The van der Waals surface area contributed by atoms with Gasteiger partial charge < -0.3 is 10.7 Å². The monoisotopic (exact) mass is 272 g/mol. The smallest absolute Gasteiger partial charge is 0.260 e. The Bertz CT molecular complexity index is 511.